The van der Waals surface area contributed by atoms with Gasteiger partial charge in [0.15, 0.2) is 5.82 Å². The molecule has 6 nitrogen and oxygen atoms in total. The molecule has 0 amide bonds. The first kappa shape index (κ1) is 31.4. The second-order valence-electron chi connectivity index (χ2n) is 14.2. The van der Waals surface area contributed by atoms with Crippen molar-refractivity contribution in [3.8, 4) is 56.2 Å². The molecule has 50 heavy (non-hydrogen) atoms. The molecule has 2 aliphatic rings. The van der Waals surface area contributed by atoms with Crippen LogP contribution in [0.4, 0.5) is 0 Å². The van der Waals surface area contributed by atoms with Gasteiger partial charge in [-0.15, -0.1) is 0 Å². The van der Waals surface area contributed by atoms with Gasteiger partial charge in [-0.2, -0.15) is 0 Å². The van der Waals surface area contributed by atoms with Gasteiger partial charge in [-0.25, -0.2) is 20.0 Å². The van der Waals surface area contributed by atoms with Crippen LogP contribution in [0.15, 0.2) is 143 Å². The first-order valence-electron chi connectivity index (χ1n) is 17.0. The lowest BCUT2D eigenvalue weighted by molar-refractivity contribution is 0.279. The molecule has 0 bridgehead atoms. The second-order valence-corrected chi connectivity index (χ2v) is 14.2. The van der Waals surface area contributed by atoms with Gasteiger partial charge in [-0.1, -0.05) is 84.9 Å². The zero-order valence-corrected chi connectivity index (χ0v) is 28.7. The van der Waals surface area contributed by atoms with Gasteiger partial charge >= 0.3 is 0 Å². The minimum Gasteiger partial charge on any atom is -0.475 e. The fraction of sp³-hybridized carbons (Fsp3) is 0.182. The molecular weight excluding hydrogens is 617 g/mol. The van der Waals surface area contributed by atoms with Crippen molar-refractivity contribution < 1.29 is 9.47 Å². The van der Waals surface area contributed by atoms with Crippen LogP contribution in [0.2, 0.25) is 0 Å². The van der Waals surface area contributed by atoms with E-state index < -0.39 is 0 Å². The molecule has 8 rings (SSSR count). The summed E-state index contributed by atoms with van der Waals surface area (Å²) < 4.78 is 11.8. The van der Waals surface area contributed by atoms with Gasteiger partial charge in [0, 0.05) is 27.8 Å². The molecule has 2 aliphatic heterocycles. The van der Waals surface area contributed by atoms with Crippen LogP contribution in [-0.4, -0.2) is 46.1 Å². The molecule has 6 aromatic rings. The van der Waals surface area contributed by atoms with Crippen molar-refractivity contribution in [3.05, 3.63) is 145 Å². The van der Waals surface area contributed by atoms with Gasteiger partial charge in [0.1, 0.15) is 13.2 Å². The van der Waals surface area contributed by atoms with Gasteiger partial charge in [0.05, 0.1) is 22.5 Å². The van der Waals surface area contributed by atoms with Crippen molar-refractivity contribution in [2.24, 2.45) is 9.98 Å². The summed E-state index contributed by atoms with van der Waals surface area (Å²) in [6.45, 7) is 9.46. The number of ether oxygens (including phenoxy) is 2. The molecular formula is C44H38N4O2. The summed E-state index contributed by atoms with van der Waals surface area (Å²) in [5.41, 5.74) is 10.5. The van der Waals surface area contributed by atoms with Crippen LogP contribution in [0.25, 0.3) is 56.2 Å². The summed E-state index contributed by atoms with van der Waals surface area (Å²) in [5, 5.41) is 0. The van der Waals surface area contributed by atoms with Gasteiger partial charge in [-0.05, 0) is 98.5 Å². The molecule has 1 aromatic heterocycles. The van der Waals surface area contributed by atoms with Crippen molar-refractivity contribution in [2.45, 2.75) is 38.8 Å². The third kappa shape index (κ3) is 6.57. The lowest BCUT2D eigenvalue weighted by atomic mass is 9.94. The molecule has 3 heterocycles. The smallest absolute Gasteiger partial charge is 0.216 e. The summed E-state index contributed by atoms with van der Waals surface area (Å²) in [6, 6.07) is 46.2. The zero-order valence-electron chi connectivity index (χ0n) is 28.7. The van der Waals surface area contributed by atoms with Crippen LogP contribution in [0, 0.1) is 0 Å². The second kappa shape index (κ2) is 12.5. The average Bonchev–Trinajstić information content (AvgIpc) is 3.72. The van der Waals surface area contributed by atoms with Crippen molar-refractivity contribution >= 4 is 11.8 Å². The molecule has 0 spiro atoms. The van der Waals surface area contributed by atoms with E-state index in [1.165, 1.54) is 0 Å². The summed E-state index contributed by atoms with van der Waals surface area (Å²) in [4.78, 5) is 19.8. The highest BCUT2D eigenvalue weighted by atomic mass is 16.5. The number of aromatic nitrogens is 2. The molecule has 0 unspecified atom stereocenters. The van der Waals surface area contributed by atoms with Gasteiger partial charge in [0.2, 0.25) is 11.8 Å². The topological polar surface area (TPSA) is 69.0 Å². The molecule has 5 aromatic carbocycles. The summed E-state index contributed by atoms with van der Waals surface area (Å²) in [6.07, 6.45) is 0. The van der Waals surface area contributed by atoms with Crippen LogP contribution >= 0.6 is 0 Å². The van der Waals surface area contributed by atoms with E-state index in [1.54, 1.807) is 0 Å². The van der Waals surface area contributed by atoms with E-state index in [9.17, 15) is 0 Å². The Kier molecular flexibility index (Phi) is 7.87. The molecule has 0 fully saturated rings. The van der Waals surface area contributed by atoms with E-state index in [0.717, 1.165) is 61.5 Å². The summed E-state index contributed by atoms with van der Waals surface area (Å²) in [5.74, 6) is 1.98. The largest absolute Gasteiger partial charge is 0.475 e. The predicted molar refractivity (Wildman–Crippen MR) is 202 cm³/mol. The molecule has 246 valence electrons. The molecule has 0 saturated heterocycles. The average molecular weight is 655 g/mol. The third-order valence-electron chi connectivity index (χ3n) is 8.92. The SMILES string of the molecule is CC1(C)COC(c2ccc(-c3cc(-c4cc(-c5ccccc5)cc(-c5ccccc5)c4)nc(-c4ccc(C5=NC(C)(C)CO5)cc4)n3)cc2)=N1. The molecule has 0 saturated carbocycles. The minimum atomic E-state index is -0.227. The van der Waals surface area contributed by atoms with Gasteiger partial charge in [-0.3, -0.25) is 0 Å². The maximum Gasteiger partial charge on any atom is 0.216 e. The van der Waals surface area contributed by atoms with Crippen molar-refractivity contribution in [2.75, 3.05) is 13.2 Å². The highest BCUT2D eigenvalue weighted by molar-refractivity contribution is 5.96. The lowest BCUT2D eigenvalue weighted by Gasteiger charge is -2.13. The molecule has 0 N–H and O–H groups in total. The molecule has 0 aliphatic carbocycles. The van der Waals surface area contributed by atoms with E-state index in [1.807, 2.05) is 36.4 Å². The van der Waals surface area contributed by atoms with E-state index >= 15 is 0 Å². The molecule has 0 radical (unpaired) electrons. The highest BCUT2D eigenvalue weighted by Gasteiger charge is 2.28. The Morgan fingerprint density at radius 2 is 0.800 bits per heavy atom. The van der Waals surface area contributed by atoms with Crippen LogP contribution in [-0.2, 0) is 9.47 Å². The van der Waals surface area contributed by atoms with Crippen LogP contribution in [0.5, 0.6) is 0 Å². The molecule has 0 atom stereocenters. The monoisotopic (exact) mass is 654 g/mol. The minimum absolute atomic E-state index is 0.223. The fourth-order valence-corrected chi connectivity index (χ4v) is 6.25. The Morgan fingerprint density at radius 3 is 1.24 bits per heavy atom. The number of aliphatic imine (C=N–C) groups is 2. The molecule has 6 heteroatoms. The van der Waals surface area contributed by atoms with E-state index in [-0.39, 0.29) is 11.1 Å². The van der Waals surface area contributed by atoms with Crippen molar-refractivity contribution in [1.82, 2.24) is 9.97 Å². The number of nitrogens with zero attached hydrogens (tertiary/aromatic N) is 4. The quantitative estimate of drug-likeness (QED) is 0.172. The Morgan fingerprint density at radius 1 is 0.400 bits per heavy atom. The Hall–Kier alpha value is -5.88. The number of rotatable bonds is 7. The van der Waals surface area contributed by atoms with E-state index in [4.69, 9.17) is 29.4 Å². The summed E-state index contributed by atoms with van der Waals surface area (Å²) in [7, 11) is 0. The number of hydrogen-bond donors (Lipinski definition) is 0. The lowest BCUT2D eigenvalue weighted by Crippen LogP contribution is -2.17. The van der Waals surface area contributed by atoms with E-state index in [0.29, 0.717) is 30.8 Å². The zero-order chi connectivity index (χ0) is 34.3. The van der Waals surface area contributed by atoms with Crippen molar-refractivity contribution in [3.63, 3.8) is 0 Å². The maximum absolute atomic E-state index is 5.91. The highest BCUT2D eigenvalue weighted by Crippen LogP contribution is 2.35. The Balaban J connectivity index is 1.25. The first-order chi connectivity index (χ1) is 24.2. The Bertz CT molecular complexity index is 2090. The fourth-order valence-electron chi connectivity index (χ4n) is 6.25. The van der Waals surface area contributed by atoms with Crippen molar-refractivity contribution in [1.29, 1.82) is 0 Å². The van der Waals surface area contributed by atoms with Gasteiger partial charge in [0.25, 0.3) is 0 Å². The standard InChI is InChI=1S/C44H38N4O2/c1-43(2)27-49-41(47-43)33-19-15-31(16-20-33)38-26-39(46-40(45-38)32-17-21-34(22-18-32)42-48-44(3,4)28-50-42)37-24-35(29-11-7-5-8-12-29)23-36(25-37)30-13-9-6-10-14-30/h5-26H,27-28H2,1-4H3. The van der Waals surface area contributed by atoms with Crippen LogP contribution in [0.3, 0.4) is 0 Å². The van der Waals surface area contributed by atoms with E-state index in [2.05, 4.69) is 125 Å². The maximum atomic E-state index is 5.91. The van der Waals surface area contributed by atoms with Crippen LogP contribution < -0.4 is 0 Å². The number of benzene rings is 5. The summed E-state index contributed by atoms with van der Waals surface area (Å²) >= 11 is 0. The number of hydrogen-bond acceptors (Lipinski definition) is 6. The first-order valence-corrected chi connectivity index (χ1v) is 17.0. The normalized spacial score (nSPS) is 15.9. The Labute approximate surface area is 293 Å². The van der Waals surface area contributed by atoms with Gasteiger partial charge < -0.3 is 9.47 Å². The van der Waals surface area contributed by atoms with Crippen LogP contribution in [0.1, 0.15) is 38.8 Å². The third-order valence-corrected chi connectivity index (χ3v) is 8.92. The predicted octanol–water partition coefficient (Wildman–Crippen LogP) is 9.92.